The Hall–Kier alpha value is -2.94. The molecule has 1 aliphatic rings. The van der Waals surface area contributed by atoms with Gasteiger partial charge in [0, 0.05) is 19.6 Å². The van der Waals surface area contributed by atoms with Gasteiger partial charge in [-0.2, -0.15) is 5.10 Å². The zero-order chi connectivity index (χ0) is 19.2. The van der Waals surface area contributed by atoms with E-state index in [1.165, 1.54) is 35.1 Å². The monoisotopic (exact) mass is 376 g/mol. The minimum Gasteiger partial charge on any atom is -0.484 e. The number of aromatic nitrogens is 2. The second-order valence-corrected chi connectivity index (χ2v) is 5.92. The first-order chi connectivity index (χ1) is 13.1. The third-order valence-electron chi connectivity index (χ3n) is 4.10. The van der Waals surface area contributed by atoms with E-state index in [-0.39, 0.29) is 18.0 Å². The third kappa shape index (κ3) is 4.62. The van der Waals surface area contributed by atoms with Crippen molar-refractivity contribution in [3.63, 3.8) is 0 Å². The summed E-state index contributed by atoms with van der Waals surface area (Å²) in [5.41, 5.74) is 0.459. The molecule has 1 aromatic carbocycles. The average Bonchev–Trinajstić information content (AvgIpc) is 2.68. The summed E-state index contributed by atoms with van der Waals surface area (Å²) in [5, 5.41) is 6.77. The first kappa shape index (κ1) is 18.8. The van der Waals surface area contributed by atoms with Crippen molar-refractivity contribution >= 4 is 17.3 Å². The second kappa shape index (κ2) is 8.63. The van der Waals surface area contributed by atoms with Crippen LogP contribution in [0.1, 0.15) is 6.92 Å². The fourth-order valence-electron chi connectivity index (χ4n) is 2.75. The topological polar surface area (TPSA) is 85.7 Å². The number of amides is 1. The fourth-order valence-corrected chi connectivity index (χ4v) is 2.75. The Morgan fingerprint density at radius 3 is 2.67 bits per heavy atom. The highest BCUT2D eigenvalue weighted by molar-refractivity contribution is 5.94. The van der Waals surface area contributed by atoms with Gasteiger partial charge in [0.05, 0.1) is 25.1 Å². The van der Waals surface area contributed by atoms with Crippen molar-refractivity contribution in [2.75, 3.05) is 43.1 Å². The summed E-state index contributed by atoms with van der Waals surface area (Å²) < 4.78 is 24.9. The molecule has 1 fully saturated rings. The maximum absolute atomic E-state index is 12.9. The molecule has 0 unspecified atom stereocenters. The van der Waals surface area contributed by atoms with Gasteiger partial charge in [0.2, 0.25) is 0 Å². The number of anilines is 2. The number of nitrogens with zero attached hydrogens (tertiary/aromatic N) is 3. The lowest BCUT2D eigenvalue weighted by Crippen LogP contribution is -2.41. The number of hydrogen-bond acceptors (Lipinski definition) is 6. The molecule has 3 rings (SSSR count). The van der Waals surface area contributed by atoms with E-state index in [0.717, 1.165) is 0 Å². The van der Waals surface area contributed by atoms with Crippen molar-refractivity contribution in [3.05, 3.63) is 46.6 Å². The predicted octanol–water partition coefficient (Wildman–Crippen LogP) is 1.26. The minimum atomic E-state index is -0.440. The number of rotatable bonds is 6. The second-order valence-electron chi connectivity index (χ2n) is 5.92. The molecule has 0 bridgehead atoms. The molecule has 2 heterocycles. The first-order valence-electron chi connectivity index (χ1n) is 8.69. The van der Waals surface area contributed by atoms with Gasteiger partial charge in [0.25, 0.3) is 11.5 Å². The summed E-state index contributed by atoms with van der Waals surface area (Å²) in [4.78, 5) is 26.9. The molecule has 8 nitrogen and oxygen atoms in total. The van der Waals surface area contributed by atoms with Gasteiger partial charge in [0.1, 0.15) is 17.3 Å². The van der Waals surface area contributed by atoms with Crippen molar-refractivity contribution in [2.45, 2.75) is 13.5 Å². The minimum absolute atomic E-state index is 0.267. The molecule has 1 saturated heterocycles. The van der Waals surface area contributed by atoms with Gasteiger partial charge in [-0.15, -0.1) is 0 Å². The molecule has 9 heteroatoms. The van der Waals surface area contributed by atoms with Crippen molar-refractivity contribution in [1.29, 1.82) is 0 Å². The largest absolute Gasteiger partial charge is 0.484 e. The van der Waals surface area contributed by atoms with Crippen LogP contribution >= 0.6 is 0 Å². The van der Waals surface area contributed by atoms with Gasteiger partial charge in [-0.1, -0.05) is 0 Å². The Bertz CT molecular complexity index is 847. The molecule has 0 spiro atoms. The molecule has 1 N–H and O–H groups in total. The maximum Gasteiger partial charge on any atom is 0.292 e. The standard InChI is InChI=1S/C18H21FN4O4/c1-2-23-18(25)17(22-7-9-26-10-8-22)15(11-20-23)21-16(24)12-27-14-5-3-13(19)4-6-14/h3-6,11H,2,7-10,12H2,1H3,(H,21,24). The Morgan fingerprint density at radius 1 is 1.30 bits per heavy atom. The van der Waals surface area contributed by atoms with E-state index in [2.05, 4.69) is 10.4 Å². The molecule has 1 aromatic heterocycles. The molecule has 0 radical (unpaired) electrons. The highest BCUT2D eigenvalue weighted by Gasteiger charge is 2.21. The van der Waals surface area contributed by atoms with Crippen molar-refractivity contribution < 1.29 is 18.7 Å². The van der Waals surface area contributed by atoms with Crippen LogP contribution in [0.5, 0.6) is 5.75 Å². The van der Waals surface area contributed by atoms with Crippen LogP contribution < -0.4 is 20.5 Å². The predicted molar refractivity (Wildman–Crippen MR) is 97.7 cm³/mol. The van der Waals surface area contributed by atoms with E-state index < -0.39 is 5.91 Å². The smallest absolute Gasteiger partial charge is 0.292 e. The van der Waals surface area contributed by atoms with Crippen LogP contribution in [0.15, 0.2) is 35.3 Å². The zero-order valence-corrected chi connectivity index (χ0v) is 15.0. The number of aryl methyl sites for hydroxylation is 1. The van der Waals surface area contributed by atoms with E-state index in [9.17, 15) is 14.0 Å². The van der Waals surface area contributed by atoms with Crippen LogP contribution in [0, 0.1) is 5.82 Å². The Morgan fingerprint density at radius 2 is 2.00 bits per heavy atom. The number of halogens is 1. The quantitative estimate of drug-likeness (QED) is 0.817. The highest BCUT2D eigenvalue weighted by atomic mass is 19.1. The summed E-state index contributed by atoms with van der Waals surface area (Å²) in [6, 6.07) is 5.37. The third-order valence-corrected chi connectivity index (χ3v) is 4.10. The summed E-state index contributed by atoms with van der Waals surface area (Å²) in [7, 11) is 0. The van der Waals surface area contributed by atoms with Crippen LogP contribution in [0.3, 0.4) is 0 Å². The van der Waals surface area contributed by atoms with Gasteiger partial charge in [-0.3, -0.25) is 9.59 Å². The zero-order valence-electron chi connectivity index (χ0n) is 15.0. The highest BCUT2D eigenvalue weighted by Crippen LogP contribution is 2.21. The number of hydrogen-bond donors (Lipinski definition) is 1. The van der Waals surface area contributed by atoms with Crippen molar-refractivity contribution in [3.8, 4) is 5.75 Å². The normalized spacial score (nSPS) is 14.1. The van der Waals surface area contributed by atoms with Gasteiger partial charge < -0.3 is 19.7 Å². The summed E-state index contributed by atoms with van der Waals surface area (Å²) >= 11 is 0. The molecule has 144 valence electrons. The van der Waals surface area contributed by atoms with E-state index in [4.69, 9.17) is 9.47 Å². The molecule has 1 amide bonds. The van der Waals surface area contributed by atoms with Crippen LogP contribution in [-0.4, -0.2) is 48.6 Å². The van der Waals surface area contributed by atoms with E-state index in [0.29, 0.717) is 50.0 Å². The number of carbonyl (C=O) groups is 1. The molecule has 0 atom stereocenters. The average molecular weight is 376 g/mol. The number of nitrogens with one attached hydrogen (secondary N) is 1. The van der Waals surface area contributed by atoms with E-state index in [1.807, 2.05) is 11.8 Å². The maximum atomic E-state index is 12.9. The summed E-state index contributed by atoms with van der Waals surface area (Å²) in [6.07, 6.45) is 1.46. The lowest BCUT2D eigenvalue weighted by molar-refractivity contribution is -0.118. The van der Waals surface area contributed by atoms with Crippen LogP contribution in [-0.2, 0) is 16.1 Å². The SMILES string of the molecule is CCn1ncc(NC(=O)COc2ccc(F)cc2)c(N2CCOCC2)c1=O. The molecular weight excluding hydrogens is 355 g/mol. The molecule has 0 saturated carbocycles. The lowest BCUT2D eigenvalue weighted by Gasteiger charge is -2.29. The number of morpholine rings is 1. The van der Waals surface area contributed by atoms with Gasteiger partial charge in [0.15, 0.2) is 6.61 Å². The van der Waals surface area contributed by atoms with Gasteiger partial charge in [-0.25, -0.2) is 9.07 Å². The van der Waals surface area contributed by atoms with E-state index >= 15 is 0 Å². The summed E-state index contributed by atoms with van der Waals surface area (Å²) in [5.74, 6) is -0.451. The number of benzene rings is 1. The summed E-state index contributed by atoms with van der Waals surface area (Å²) in [6.45, 7) is 4.11. The fraction of sp³-hybridized carbons (Fsp3) is 0.389. The number of carbonyl (C=O) groups excluding carboxylic acids is 1. The van der Waals surface area contributed by atoms with Gasteiger partial charge in [-0.05, 0) is 31.2 Å². The Balaban J connectivity index is 1.74. The molecule has 27 heavy (non-hydrogen) atoms. The van der Waals surface area contributed by atoms with Crippen molar-refractivity contribution in [2.24, 2.45) is 0 Å². The number of ether oxygens (including phenoxy) is 2. The molecule has 0 aliphatic carbocycles. The van der Waals surface area contributed by atoms with Crippen molar-refractivity contribution in [1.82, 2.24) is 9.78 Å². The Kier molecular flexibility index (Phi) is 6.02. The van der Waals surface area contributed by atoms with Gasteiger partial charge >= 0.3 is 0 Å². The van der Waals surface area contributed by atoms with Crippen LogP contribution in [0.2, 0.25) is 0 Å². The molecule has 2 aromatic rings. The molecule has 1 aliphatic heterocycles. The first-order valence-corrected chi connectivity index (χ1v) is 8.69. The Labute approximate surface area is 155 Å². The lowest BCUT2D eigenvalue weighted by atomic mass is 10.3. The van der Waals surface area contributed by atoms with Crippen LogP contribution in [0.4, 0.5) is 15.8 Å². The van der Waals surface area contributed by atoms with Crippen LogP contribution in [0.25, 0.3) is 0 Å². The molecular formula is C18H21FN4O4. The van der Waals surface area contributed by atoms with E-state index in [1.54, 1.807) is 0 Å².